The summed E-state index contributed by atoms with van der Waals surface area (Å²) < 4.78 is 0. The molecule has 1 aliphatic rings. The van der Waals surface area contributed by atoms with Crippen LogP contribution in [0.15, 0.2) is 18.3 Å². The normalized spacial score (nSPS) is 21.1. The van der Waals surface area contributed by atoms with E-state index in [1.807, 2.05) is 6.20 Å². The van der Waals surface area contributed by atoms with Crippen LogP contribution in [0.5, 0.6) is 0 Å². The van der Waals surface area contributed by atoms with Gasteiger partial charge in [-0.05, 0) is 56.8 Å². The summed E-state index contributed by atoms with van der Waals surface area (Å²) in [7, 11) is 0. The Morgan fingerprint density at radius 3 is 2.95 bits per heavy atom. The molecule has 1 aromatic rings. The Morgan fingerprint density at radius 1 is 1.33 bits per heavy atom. The van der Waals surface area contributed by atoms with Gasteiger partial charge in [0, 0.05) is 24.8 Å². The van der Waals surface area contributed by atoms with E-state index in [2.05, 4.69) is 48.1 Å². The summed E-state index contributed by atoms with van der Waals surface area (Å²) in [6, 6.07) is 5.50. The quantitative estimate of drug-likeness (QED) is 0.846. The number of hydrogen-bond donors (Lipinski definition) is 1. The van der Waals surface area contributed by atoms with Crippen molar-refractivity contribution in [3.05, 3.63) is 23.9 Å². The Morgan fingerprint density at radius 2 is 2.19 bits per heavy atom. The van der Waals surface area contributed by atoms with Crippen LogP contribution in [-0.4, -0.2) is 24.1 Å². The molecule has 1 aromatic heterocycles. The third-order valence-electron chi connectivity index (χ3n) is 4.61. The lowest BCUT2D eigenvalue weighted by atomic mass is 10.1. The van der Waals surface area contributed by atoms with Gasteiger partial charge in [0.25, 0.3) is 0 Å². The molecule has 2 unspecified atom stereocenters. The predicted octanol–water partition coefficient (Wildman–Crippen LogP) is 4.30. The van der Waals surface area contributed by atoms with E-state index in [1.165, 1.54) is 49.9 Å². The second kappa shape index (κ2) is 8.38. The van der Waals surface area contributed by atoms with Crippen molar-refractivity contribution in [3.8, 4) is 0 Å². The van der Waals surface area contributed by atoms with Crippen LogP contribution in [0.25, 0.3) is 0 Å². The maximum atomic E-state index is 4.66. The monoisotopic (exact) mass is 289 g/mol. The standard InChI is InChI=1S/C18H31N3/c1-4-11-19-15(3)16-10-12-20-18(14-16)21-13-8-6-7-9-17(21)5-2/h10,12,14-15,17,19H,4-9,11,13H2,1-3H3. The van der Waals surface area contributed by atoms with Gasteiger partial charge in [-0.1, -0.05) is 26.7 Å². The molecule has 118 valence electrons. The molecule has 1 saturated heterocycles. The molecule has 0 aromatic carbocycles. The van der Waals surface area contributed by atoms with Crippen LogP contribution >= 0.6 is 0 Å². The average molecular weight is 289 g/mol. The highest BCUT2D eigenvalue weighted by Gasteiger charge is 2.21. The highest BCUT2D eigenvalue weighted by atomic mass is 15.2. The van der Waals surface area contributed by atoms with E-state index < -0.39 is 0 Å². The van der Waals surface area contributed by atoms with Gasteiger partial charge >= 0.3 is 0 Å². The Hall–Kier alpha value is -1.09. The molecule has 0 aliphatic carbocycles. The number of aromatic nitrogens is 1. The second-order valence-electron chi connectivity index (χ2n) is 6.23. The first-order valence-corrected chi connectivity index (χ1v) is 8.72. The zero-order chi connectivity index (χ0) is 15.1. The van der Waals surface area contributed by atoms with Gasteiger partial charge in [-0.25, -0.2) is 4.98 Å². The molecule has 1 N–H and O–H groups in total. The van der Waals surface area contributed by atoms with Crippen LogP contribution in [0.3, 0.4) is 0 Å². The van der Waals surface area contributed by atoms with Crippen LogP contribution in [0.1, 0.15) is 70.9 Å². The maximum Gasteiger partial charge on any atom is 0.129 e. The molecular weight excluding hydrogens is 258 g/mol. The first kappa shape index (κ1) is 16.3. The number of nitrogens with one attached hydrogen (secondary N) is 1. The number of anilines is 1. The van der Waals surface area contributed by atoms with Gasteiger partial charge < -0.3 is 10.2 Å². The summed E-state index contributed by atoms with van der Waals surface area (Å²) in [5, 5.41) is 3.57. The molecule has 3 heteroatoms. The van der Waals surface area contributed by atoms with Gasteiger partial charge in [0.05, 0.1) is 0 Å². The molecule has 2 rings (SSSR count). The molecule has 2 heterocycles. The molecule has 1 fully saturated rings. The molecule has 21 heavy (non-hydrogen) atoms. The first-order valence-electron chi connectivity index (χ1n) is 8.72. The minimum absolute atomic E-state index is 0.402. The SMILES string of the molecule is CCCNC(C)c1ccnc(N2CCCCCC2CC)c1. The zero-order valence-corrected chi connectivity index (χ0v) is 13.9. The van der Waals surface area contributed by atoms with Gasteiger partial charge in [0.2, 0.25) is 0 Å². The Labute approximate surface area is 130 Å². The minimum atomic E-state index is 0.402. The predicted molar refractivity (Wildman–Crippen MR) is 90.8 cm³/mol. The smallest absolute Gasteiger partial charge is 0.129 e. The van der Waals surface area contributed by atoms with E-state index in [9.17, 15) is 0 Å². The van der Waals surface area contributed by atoms with E-state index in [-0.39, 0.29) is 0 Å². The Kier molecular flexibility index (Phi) is 6.50. The summed E-state index contributed by atoms with van der Waals surface area (Å²) in [6.45, 7) is 8.99. The molecular formula is C18H31N3. The summed E-state index contributed by atoms with van der Waals surface area (Å²) >= 11 is 0. The first-order chi connectivity index (χ1) is 10.3. The van der Waals surface area contributed by atoms with E-state index in [1.54, 1.807) is 0 Å². The highest BCUT2D eigenvalue weighted by Crippen LogP contribution is 2.26. The third kappa shape index (κ3) is 4.44. The van der Waals surface area contributed by atoms with Crippen molar-refractivity contribution in [1.82, 2.24) is 10.3 Å². The van der Waals surface area contributed by atoms with Gasteiger partial charge in [0.1, 0.15) is 5.82 Å². The zero-order valence-electron chi connectivity index (χ0n) is 13.9. The number of pyridine rings is 1. The lowest BCUT2D eigenvalue weighted by Crippen LogP contribution is -2.35. The van der Waals surface area contributed by atoms with Gasteiger partial charge in [-0.2, -0.15) is 0 Å². The van der Waals surface area contributed by atoms with E-state index in [0.29, 0.717) is 12.1 Å². The van der Waals surface area contributed by atoms with Crippen molar-refractivity contribution >= 4 is 5.82 Å². The van der Waals surface area contributed by atoms with E-state index >= 15 is 0 Å². The topological polar surface area (TPSA) is 28.2 Å². The summed E-state index contributed by atoms with van der Waals surface area (Å²) in [6.07, 6.45) is 9.71. The highest BCUT2D eigenvalue weighted by molar-refractivity contribution is 5.43. The molecule has 0 saturated carbocycles. The molecule has 0 radical (unpaired) electrons. The van der Waals surface area contributed by atoms with Crippen molar-refractivity contribution in [1.29, 1.82) is 0 Å². The van der Waals surface area contributed by atoms with Crippen LogP contribution in [-0.2, 0) is 0 Å². The van der Waals surface area contributed by atoms with Crippen LogP contribution in [0.4, 0.5) is 5.82 Å². The van der Waals surface area contributed by atoms with Gasteiger partial charge in [-0.3, -0.25) is 0 Å². The summed E-state index contributed by atoms with van der Waals surface area (Å²) in [5.74, 6) is 1.17. The summed E-state index contributed by atoms with van der Waals surface area (Å²) in [4.78, 5) is 7.21. The number of hydrogen-bond acceptors (Lipinski definition) is 3. The fourth-order valence-electron chi connectivity index (χ4n) is 3.24. The third-order valence-corrected chi connectivity index (χ3v) is 4.61. The van der Waals surface area contributed by atoms with E-state index in [4.69, 9.17) is 0 Å². The molecule has 3 nitrogen and oxygen atoms in total. The Balaban J connectivity index is 2.14. The minimum Gasteiger partial charge on any atom is -0.354 e. The Bertz CT molecular complexity index is 419. The van der Waals surface area contributed by atoms with Crippen molar-refractivity contribution in [2.24, 2.45) is 0 Å². The molecule has 2 atom stereocenters. The lowest BCUT2D eigenvalue weighted by molar-refractivity contribution is 0.549. The van der Waals surface area contributed by atoms with Crippen LogP contribution in [0.2, 0.25) is 0 Å². The fourth-order valence-corrected chi connectivity index (χ4v) is 3.24. The number of nitrogens with zero attached hydrogens (tertiary/aromatic N) is 2. The molecule has 1 aliphatic heterocycles. The summed E-state index contributed by atoms with van der Waals surface area (Å²) in [5.41, 5.74) is 1.35. The van der Waals surface area contributed by atoms with Crippen molar-refractivity contribution in [2.45, 2.75) is 71.4 Å². The average Bonchev–Trinajstić information content (AvgIpc) is 2.77. The van der Waals surface area contributed by atoms with Crippen molar-refractivity contribution in [3.63, 3.8) is 0 Å². The second-order valence-corrected chi connectivity index (χ2v) is 6.23. The molecule has 0 bridgehead atoms. The lowest BCUT2D eigenvalue weighted by Gasteiger charge is -2.31. The van der Waals surface area contributed by atoms with Crippen LogP contribution < -0.4 is 10.2 Å². The van der Waals surface area contributed by atoms with Gasteiger partial charge in [-0.15, -0.1) is 0 Å². The fraction of sp³-hybridized carbons (Fsp3) is 0.722. The largest absolute Gasteiger partial charge is 0.354 e. The van der Waals surface area contributed by atoms with Crippen molar-refractivity contribution < 1.29 is 0 Å². The van der Waals surface area contributed by atoms with E-state index in [0.717, 1.165) is 13.1 Å². The van der Waals surface area contributed by atoms with Gasteiger partial charge in [0.15, 0.2) is 0 Å². The van der Waals surface area contributed by atoms with Crippen molar-refractivity contribution in [2.75, 3.05) is 18.0 Å². The number of rotatable bonds is 6. The maximum absolute atomic E-state index is 4.66. The molecule has 0 spiro atoms. The van der Waals surface area contributed by atoms with Crippen LogP contribution in [0, 0.1) is 0 Å². The molecule has 0 amide bonds.